The molecular formula is C26H44O4. The average molecular weight is 421 g/mol. The van der Waals surface area contributed by atoms with Crippen LogP contribution in [0.25, 0.3) is 0 Å². The Hall–Kier alpha value is -0.610. The molecule has 172 valence electrons. The zero-order valence-electron chi connectivity index (χ0n) is 19.4. The molecule has 4 aliphatic carbocycles. The van der Waals surface area contributed by atoms with Gasteiger partial charge in [-0.1, -0.05) is 33.6 Å². The van der Waals surface area contributed by atoms with Crippen molar-refractivity contribution in [1.82, 2.24) is 0 Å². The second-order valence-corrected chi connectivity index (χ2v) is 12.1. The fourth-order valence-corrected chi connectivity index (χ4v) is 9.12. The van der Waals surface area contributed by atoms with Crippen LogP contribution in [-0.2, 0) is 4.79 Å². The lowest BCUT2D eigenvalue weighted by molar-refractivity contribution is -0.174. The van der Waals surface area contributed by atoms with Crippen molar-refractivity contribution >= 4 is 5.97 Å². The van der Waals surface area contributed by atoms with E-state index < -0.39 is 5.97 Å². The summed E-state index contributed by atoms with van der Waals surface area (Å²) in [6, 6.07) is 0. The molecule has 0 bridgehead atoms. The Kier molecular flexibility index (Phi) is 6.31. The molecule has 0 unspecified atom stereocenters. The molecule has 3 N–H and O–H groups in total. The summed E-state index contributed by atoms with van der Waals surface area (Å²) in [5, 5.41) is 30.5. The van der Waals surface area contributed by atoms with E-state index in [1.807, 2.05) is 0 Å². The molecule has 0 aromatic carbocycles. The van der Waals surface area contributed by atoms with Gasteiger partial charge in [-0.05, 0) is 104 Å². The Bertz CT molecular complexity index is 635. The first-order valence-electron chi connectivity index (χ1n) is 12.7. The molecular weight excluding hydrogens is 376 g/mol. The van der Waals surface area contributed by atoms with E-state index in [1.165, 1.54) is 25.7 Å². The molecule has 4 heteroatoms. The summed E-state index contributed by atoms with van der Waals surface area (Å²) in [6.45, 7) is 7.39. The molecule has 4 saturated carbocycles. The van der Waals surface area contributed by atoms with Gasteiger partial charge >= 0.3 is 5.97 Å². The number of carbonyl (C=O) groups is 1. The molecule has 0 saturated heterocycles. The normalized spacial score (nSPS) is 49.0. The largest absolute Gasteiger partial charge is 0.481 e. The molecule has 0 aromatic heterocycles. The molecule has 0 radical (unpaired) electrons. The lowest BCUT2D eigenvalue weighted by atomic mass is 9.43. The standard InChI is InChI=1S/C26H44O4/c1-16(6-4-5-7-23(29)30)19-8-9-20-24-21(11-13-26(19,20)3)25(2)12-10-18(27)14-17(25)15-22(24)28/h16-22,24,27-28H,4-15H2,1-3H3,(H,29,30)/t16-,17+,18-,19-,20+,21+,22-,24+,25+,26-/m1/s1. The molecule has 10 atom stereocenters. The smallest absolute Gasteiger partial charge is 0.303 e. The maximum Gasteiger partial charge on any atom is 0.303 e. The highest BCUT2D eigenvalue weighted by Crippen LogP contribution is 2.68. The average Bonchev–Trinajstić information content (AvgIpc) is 3.03. The Balaban J connectivity index is 1.47. The number of aliphatic carboxylic acids is 1. The quantitative estimate of drug-likeness (QED) is 0.512. The number of aliphatic hydroxyl groups excluding tert-OH is 2. The molecule has 0 aliphatic heterocycles. The summed E-state index contributed by atoms with van der Waals surface area (Å²) in [5.74, 6) is 2.82. The summed E-state index contributed by atoms with van der Waals surface area (Å²) in [6.07, 6.45) is 11.7. The lowest BCUT2D eigenvalue weighted by Crippen LogP contribution is -2.58. The van der Waals surface area contributed by atoms with Crippen molar-refractivity contribution in [2.75, 3.05) is 0 Å². The van der Waals surface area contributed by atoms with Crippen LogP contribution in [0.2, 0.25) is 0 Å². The predicted molar refractivity (Wildman–Crippen MR) is 118 cm³/mol. The van der Waals surface area contributed by atoms with Gasteiger partial charge in [-0.25, -0.2) is 0 Å². The Morgan fingerprint density at radius 1 is 0.967 bits per heavy atom. The zero-order chi connectivity index (χ0) is 21.7. The number of unbranched alkanes of at least 4 members (excludes halogenated alkanes) is 1. The fourth-order valence-electron chi connectivity index (χ4n) is 9.12. The number of hydrogen-bond donors (Lipinski definition) is 3. The van der Waals surface area contributed by atoms with Crippen LogP contribution in [0.3, 0.4) is 0 Å². The highest BCUT2D eigenvalue weighted by Gasteiger charge is 2.62. The number of aliphatic hydroxyl groups is 2. The number of hydrogen-bond acceptors (Lipinski definition) is 3. The van der Waals surface area contributed by atoms with Gasteiger partial charge in [-0.2, -0.15) is 0 Å². The van der Waals surface area contributed by atoms with Crippen molar-refractivity contribution in [3.05, 3.63) is 0 Å². The fraction of sp³-hybridized carbons (Fsp3) is 0.962. The predicted octanol–water partition coefficient (Wildman–Crippen LogP) is 5.26. The Morgan fingerprint density at radius 3 is 2.40 bits per heavy atom. The number of carboxylic acid groups (broad SMARTS) is 1. The summed E-state index contributed by atoms with van der Waals surface area (Å²) in [4.78, 5) is 10.8. The van der Waals surface area contributed by atoms with Gasteiger partial charge in [0.2, 0.25) is 0 Å². The van der Waals surface area contributed by atoms with Crippen LogP contribution in [-0.4, -0.2) is 33.5 Å². The zero-order valence-corrected chi connectivity index (χ0v) is 19.4. The Morgan fingerprint density at radius 2 is 1.67 bits per heavy atom. The lowest BCUT2D eigenvalue weighted by Gasteiger charge is -2.62. The third-order valence-corrected chi connectivity index (χ3v) is 10.7. The van der Waals surface area contributed by atoms with Crippen LogP contribution in [0.5, 0.6) is 0 Å². The van der Waals surface area contributed by atoms with Gasteiger partial charge in [0.15, 0.2) is 0 Å². The van der Waals surface area contributed by atoms with Crippen LogP contribution in [0, 0.1) is 46.3 Å². The van der Waals surface area contributed by atoms with E-state index in [9.17, 15) is 15.0 Å². The monoisotopic (exact) mass is 420 g/mol. The van der Waals surface area contributed by atoms with Crippen LogP contribution < -0.4 is 0 Å². The van der Waals surface area contributed by atoms with E-state index in [0.29, 0.717) is 52.8 Å². The maximum absolute atomic E-state index is 11.3. The molecule has 0 amide bonds. The second kappa shape index (κ2) is 8.39. The molecule has 4 fully saturated rings. The van der Waals surface area contributed by atoms with Crippen LogP contribution >= 0.6 is 0 Å². The van der Waals surface area contributed by atoms with Gasteiger partial charge in [0.25, 0.3) is 0 Å². The maximum atomic E-state index is 11.3. The third-order valence-electron chi connectivity index (χ3n) is 10.7. The topological polar surface area (TPSA) is 77.8 Å². The first-order valence-corrected chi connectivity index (χ1v) is 12.7. The van der Waals surface area contributed by atoms with Crippen molar-refractivity contribution < 1.29 is 20.1 Å². The van der Waals surface area contributed by atoms with Gasteiger partial charge in [0, 0.05) is 6.42 Å². The second-order valence-electron chi connectivity index (χ2n) is 12.1. The third kappa shape index (κ3) is 3.74. The van der Waals surface area contributed by atoms with Crippen molar-refractivity contribution in [1.29, 1.82) is 0 Å². The molecule has 4 nitrogen and oxygen atoms in total. The highest BCUT2D eigenvalue weighted by molar-refractivity contribution is 5.66. The molecule has 30 heavy (non-hydrogen) atoms. The first-order chi connectivity index (χ1) is 14.2. The first kappa shape index (κ1) is 22.6. The minimum atomic E-state index is -0.679. The molecule has 4 rings (SSSR count). The molecule has 0 heterocycles. The van der Waals surface area contributed by atoms with E-state index in [1.54, 1.807) is 0 Å². The minimum absolute atomic E-state index is 0.168. The number of carboxylic acids is 1. The highest BCUT2D eigenvalue weighted by atomic mass is 16.4. The van der Waals surface area contributed by atoms with Crippen molar-refractivity contribution in [2.24, 2.45) is 46.3 Å². The van der Waals surface area contributed by atoms with E-state index in [-0.39, 0.29) is 12.2 Å². The van der Waals surface area contributed by atoms with Crippen molar-refractivity contribution in [2.45, 2.75) is 110 Å². The Labute approximate surface area is 182 Å². The molecule has 0 aromatic rings. The number of rotatable bonds is 6. The van der Waals surface area contributed by atoms with Crippen LogP contribution in [0.4, 0.5) is 0 Å². The van der Waals surface area contributed by atoms with Gasteiger partial charge in [0.1, 0.15) is 0 Å². The van der Waals surface area contributed by atoms with E-state index in [0.717, 1.165) is 44.9 Å². The SMILES string of the molecule is C[C@H](CCCCC(=O)O)[C@H]1CC[C@H]2[C@@H]3[C@H](O)C[C@@H]4C[C@H](O)CC[C@]4(C)[C@H]3CC[C@]12C. The van der Waals surface area contributed by atoms with E-state index in [4.69, 9.17) is 5.11 Å². The van der Waals surface area contributed by atoms with Crippen molar-refractivity contribution in [3.63, 3.8) is 0 Å². The van der Waals surface area contributed by atoms with Crippen LogP contribution in [0.1, 0.15) is 97.8 Å². The minimum Gasteiger partial charge on any atom is -0.481 e. The molecule has 4 aliphatic rings. The van der Waals surface area contributed by atoms with Gasteiger partial charge in [0.05, 0.1) is 12.2 Å². The van der Waals surface area contributed by atoms with Crippen LogP contribution in [0.15, 0.2) is 0 Å². The summed E-state index contributed by atoms with van der Waals surface area (Å²) >= 11 is 0. The number of fused-ring (bicyclic) bond motifs is 5. The van der Waals surface area contributed by atoms with E-state index in [2.05, 4.69) is 20.8 Å². The van der Waals surface area contributed by atoms with Gasteiger partial charge < -0.3 is 15.3 Å². The van der Waals surface area contributed by atoms with E-state index >= 15 is 0 Å². The van der Waals surface area contributed by atoms with Gasteiger partial charge in [-0.15, -0.1) is 0 Å². The van der Waals surface area contributed by atoms with Gasteiger partial charge in [-0.3, -0.25) is 4.79 Å². The summed E-state index contributed by atoms with van der Waals surface area (Å²) in [5.41, 5.74) is 0.622. The molecule has 0 spiro atoms. The summed E-state index contributed by atoms with van der Waals surface area (Å²) < 4.78 is 0. The summed E-state index contributed by atoms with van der Waals surface area (Å²) in [7, 11) is 0. The van der Waals surface area contributed by atoms with Crippen molar-refractivity contribution in [3.8, 4) is 0 Å².